The lowest BCUT2D eigenvalue weighted by molar-refractivity contribution is 0.0644. The minimum absolute atomic E-state index is 0.00837. The first kappa shape index (κ1) is 54.4. The van der Waals surface area contributed by atoms with E-state index in [-0.39, 0.29) is 44.3 Å². The Hall–Kier alpha value is -5.96. The van der Waals surface area contributed by atoms with Gasteiger partial charge in [-0.1, -0.05) is 12.1 Å². The fourth-order valence-corrected chi connectivity index (χ4v) is 11.1. The summed E-state index contributed by atoms with van der Waals surface area (Å²) in [4.78, 5) is 50.6. The number of ether oxygens (including phenoxy) is 2. The molecule has 5 amide bonds. The van der Waals surface area contributed by atoms with Crippen molar-refractivity contribution >= 4 is 55.4 Å². The molecule has 2 aromatic heterocycles. The molecule has 0 bridgehead atoms. The van der Waals surface area contributed by atoms with Crippen LogP contribution in [0, 0.1) is 0 Å². The van der Waals surface area contributed by atoms with E-state index in [0.717, 1.165) is 139 Å². The normalized spacial score (nSPS) is 14.2. The Labute approximate surface area is 412 Å². The minimum Gasteiger partial charge on any atom is -0.477 e. The Bertz CT molecular complexity index is 2760. The Balaban J connectivity index is 0.000000205. The van der Waals surface area contributed by atoms with Gasteiger partial charge in [-0.05, 0) is 122 Å². The molecule has 0 saturated carbocycles. The highest BCUT2D eigenvalue weighted by molar-refractivity contribution is 7.90. The third-order valence-electron chi connectivity index (χ3n) is 12.6. The number of sulfonamides is 2. The summed E-state index contributed by atoms with van der Waals surface area (Å²) in [6.45, 7) is 2.65. The SMILES string of the molecule is COCCN(CCO)C(=O)c1cc(S(=O)(=O)NC(=O)Nc2c3c(cc4c2CCC4)CCC3)nn1C.COCCNCCO.Cn1nc(S(=O)(=O)NC(=O)Nc2c3c(cc4c2CCC4)CCC3)cc1C(=O)O. The molecule has 0 saturated heterocycles. The van der Waals surface area contributed by atoms with Gasteiger partial charge >= 0.3 is 18.0 Å². The molecular weight excluding hydrogens is 965 g/mol. The summed E-state index contributed by atoms with van der Waals surface area (Å²) in [7, 11) is -2.73. The van der Waals surface area contributed by atoms with Gasteiger partial charge in [-0.3, -0.25) is 14.2 Å². The number of carbonyl (C=O) groups is 4. The monoisotopic (exact) mass is 1030 g/mol. The zero-order valence-electron chi connectivity index (χ0n) is 40.4. The standard InChI is InChI=1S/C23H31N5O6S.C18H20N4O5S.C5H13NO2/c1-27-19(22(30)28(9-11-29)10-12-34-2)14-20(25-27)35(32,33)26-23(31)24-21-17-7-3-5-15(17)13-16-6-4-8-18(16)21;1-22-14(17(23)24)9-15(20-22)28(26,27)21-18(25)19-16-12-6-2-4-10(12)8-11-5-3-7-13(11)16;1-8-5-3-6-2-4-7/h13-14,29H,3-12H2,1-2H3,(H2,24,26,31);8-9H,2-7H2,1H3,(H,23,24)(H2,19,21,25);6-7H,2-5H2,1H3. The molecule has 25 heteroatoms. The third-order valence-corrected chi connectivity index (χ3v) is 15.0. The van der Waals surface area contributed by atoms with E-state index in [1.165, 1.54) is 48.4 Å². The van der Waals surface area contributed by atoms with E-state index in [9.17, 15) is 41.1 Å². The number of amides is 5. The van der Waals surface area contributed by atoms with Gasteiger partial charge in [-0.2, -0.15) is 27.0 Å². The van der Waals surface area contributed by atoms with Gasteiger partial charge in [0, 0.05) is 78.0 Å². The van der Waals surface area contributed by atoms with Crippen molar-refractivity contribution in [1.82, 2.24) is 39.2 Å². The van der Waals surface area contributed by atoms with Crippen LogP contribution in [0.5, 0.6) is 0 Å². The number of anilines is 2. The van der Waals surface area contributed by atoms with Gasteiger partial charge in [0.05, 0.1) is 26.4 Å². The lowest BCUT2D eigenvalue weighted by Gasteiger charge is -2.21. The lowest BCUT2D eigenvalue weighted by Crippen LogP contribution is -2.37. The topological polar surface area (TPSA) is 315 Å². The number of benzene rings is 2. The number of aromatic nitrogens is 4. The van der Waals surface area contributed by atoms with Gasteiger partial charge in [0.2, 0.25) is 0 Å². The smallest absolute Gasteiger partial charge is 0.354 e. The first-order valence-electron chi connectivity index (χ1n) is 23.4. The van der Waals surface area contributed by atoms with E-state index >= 15 is 0 Å². The second kappa shape index (κ2) is 24.4. The van der Waals surface area contributed by atoms with E-state index in [1.54, 1.807) is 7.11 Å². The number of carbonyl (C=O) groups excluding carboxylic acids is 3. The van der Waals surface area contributed by atoms with Gasteiger partial charge in [-0.25, -0.2) is 23.8 Å². The average Bonchev–Trinajstić information content (AvgIpc) is 4.19. The van der Waals surface area contributed by atoms with Crippen LogP contribution in [-0.2, 0) is 95.0 Å². The van der Waals surface area contributed by atoms with Crippen molar-refractivity contribution in [1.29, 1.82) is 0 Å². The number of nitrogens with zero attached hydrogens (tertiary/aromatic N) is 5. The molecule has 4 aromatic rings. The number of carboxylic acids is 1. The molecule has 8 rings (SSSR count). The number of urea groups is 2. The second-order valence-corrected chi connectivity index (χ2v) is 20.6. The minimum atomic E-state index is -4.34. The van der Waals surface area contributed by atoms with E-state index in [1.807, 2.05) is 9.44 Å². The van der Waals surface area contributed by atoms with Crippen molar-refractivity contribution in [3.8, 4) is 0 Å². The molecule has 4 aliphatic carbocycles. The number of nitrogens with one attached hydrogen (secondary N) is 5. The molecule has 388 valence electrons. The number of hydrogen-bond acceptors (Lipinski definition) is 15. The highest BCUT2D eigenvalue weighted by Crippen LogP contribution is 2.40. The number of aliphatic hydroxyl groups is 2. The van der Waals surface area contributed by atoms with Crippen LogP contribution < -0.4 is 25.4 Å². The van der Waals surface area contributed by atoms with E-state index in [4.69, 9.17) is 19.7 Å². The fraction of sp³-hybridized carbons (Fsp3) is 0.522. The van der Waals surface area contributed by atoms with Gasteiger partial charge in [0.15, 0.2) is 10.1 Å². The summed E-state index contributed by atoms with van der Waals surface area (Å²) >= 11 is 0. The van der Waals surface area contributed by atoms with Gasteiger partial charge < -0.3 is 45.6 Å². The van der Waals surface area contributed by atoms with E-state index in [0.29, 0.717) is 13.2 Å². The summed E-state index contributed by atoms with van der Waals surface area (Å²) in [5.41, 5.74) is 10.4. The molecule has 0 radical (unpaired) electrons. The lowest BCUT2D eigenvalue weighted by atomic mass is 9.99. The van der Waals surface area contributed by atoms with Crippen LogP contribution >= 0.6 is 0 Å². The maximum absolute atomic E-state index is 12.9. The van der Waals surface area contributed by atoms with Gasteiger partial charge in [-0.15, -0.1) is 0 Å². The van der Waals surface area contributed by atoms with Crippen LogP contribution in [0.25, 0.3) is 0 Å². The summed E-state index contributed by atoms with van der Waals surface area (Å²) in [6.07, 6.45) is 11.3. The molecular formula is C46H64N10O13S2. The molecule has 4 aliphatic rings. The number of aliphatic hydroxyl groups excluding tert-OH is 2. The van der Waals surface area contributed by atoms with Crippen LogP contribution in [0.15, 0.2) is 34.3 Å². The molecule has 0 spiro atoms. The quantitative estimate of drug-likeness (QED) is 0.0659. The van der Waals surface area contributed by atoms with Crippen molar-refractivity contribution < 1.29 is 60.8 Å². The predicted molar refractivity (Wildman–Crippen MR) is 260 cm³/mol. The number of rotatable bonds is 18. The van der Waals surface area contributed by atoms with Crippen LogP contribution in [0.2, 0.25) is 0 Å². The van der Waals surface area contributed by atoms with Gasteiger partial charge in [0.25, 0.3) is 26.0 Å². The number of aryl methyl sites for hydroxylation is 6. The van der Waals surface area contributed by atoms with E-state index < -0.39 is 54.0 Å². The molecule has 8 N–H and O–H groups in total. The Kier molecular flexibility index (Phi) is 18.7. The van der Waals surface area contributed by atoms with Crippen LogP contribution in [0.4, 0.5) is 21.0 Å². The zero-order valence-corrected chi connectivity index (χ0v) is 42.1. The molecule has 23 nitrogen and oxygen atoms in total. The first-order chi connectivity index (χ1) is 33.9. The molecule has 71 heavy (non-hydrogen) atoms. The number of hydrogen-bond donors (Lipinski definition) is 8. The summed E-state index contributed by atoms with van der Waals surface area (Å²) in [5, 5.41) is 41.7. The van der Waals surface area contributed by atoms with Crippen molar-refractivity contribution in [2.75, 3.05) is 77.5 Å². The highest BCUT2D eigenvalue weighted by atomic mass is 32.2. The molecule has 0 atom stereocenters. The highest BCUT2D eigenvalue weighted by Gasteiger charge is 2.31. The summed E-state index contributed by atoms with van der Waals surface area (Å²) in [6, 6.07) is 4.73. The number of aromatic carboxylic acids is 1. The average molecular weight is 1030 g/mol. The van der Waals surface area contributed by atoms with Crippen LogP contribution in [-0.4, -0.2) is 147 Å². The van der Waals surface area contributed by atoms with Crippen LogP contribution in [0.1, 0.15) is 91.2 Å². The summed E-state index contributed by atoms with van der Waals surface area (Å²) in [5.74, 6) is -1.82. The summed E-state index contributed by atoms with van der Waals surface area (Å²) < 4.78 is 66.5. The predicted octanol–water partition coefficient (Wildman–Crippen LogP) is 1.81. The number of carboxylic acid groups (broad SMARTS) is 1. The van der Waals surface area contributed by atoms with Crippen LogP contribution in [0.3, 0.4) is 0 Å². The molecule has 0 unspecified atom stereocenters. The van der Waals surface area contributed by atoms with Gasteiger partial charge in [0.1, 0.15) is 11.4 Å². The Morgan fingerprint density at radius 2 is 1.03 bits per heavy atom. The molecule has 2 heterocycles. The maximum atomic E-state index is 12.9. The van der Waals surface area contributed by atoms with Crippen molar-refractivity contribution in [2.24, 2.45) is 14.1 Å². The van der Waals surface area contributed by atoms with E-state index in [2.05, 4.69) is 38.3 Å². The number of fused-ring (bicyclic) bond motifs is 4. The maximum Gasteiger partial charge on any atom is 0.354 e. The first-order valence-corrected chi connectivity index (χ1v) is 26.4. The molecule has 0 aliphatic heterocycles. The second-order valence-electron chi connectivity index (χ2n) is 17.4. The largest absolute Gasteiger partial charge is 0.477 e. The number of methoxy groups -OCH3 is 2. The van der Waals surface area contributed by atoms with Crippen molar-refractivity contribution in [2.45, 2.75) is 87.1 Å². The Morgan fingerprint density at radius 3 is 1.41 bits per heavy atom. The zero-order chi connectivity index (χ0) is 51.5. The Morgan fingerprint density at radius 1 is 0.606 bits per heavy atom. The van der Waals surface area contributed by atoms with Crippen molar-refractivity contribution in [3.05, 3.63) is 80.2 Å². The third kappa shape index (κ3) is 13.3. The molecule has 0 fully saturated rings. The molecule has 2 aromatic carbocycles. The van der Waals surface area contributed by atoms with Crippen molar-refractivity contribution in [3.63, 3.8) is 0 Å². The fourth-order valence-electron chi connectivity index (χ4n) is 9.28.